The van der Waals surface area contributed by atoms with Crippen molar-refractivity contribution in [2.75, 3.05) is 18.5 Å². The number of alkyl halides is 1. The molecule has 2 rings (SSSR count). The number of aromatic nitrogens is 1. The third-order valence-electron chi connectivity index (χ3n) is 2.72. The molecule has 1 saturated heterocycles. The first-order valence-electron chi connectivity index (χ1n) is 5.46. The molecule has 1 aliphatic heterocycles. The maximum Gasteiger partial charge on any atom is 0.326 e. The van der Waals surface area contributed by atoms with Gasteiger partial charge < -0.3 is 9.42 Å². The number of halogens is 1. The zero-order valence-corrected chi connectivity index (χ0v) is 11.2. The largest absolute Gasteiger partial charge is 0.359 e. The van der Waals surface area contributed by atoms with Gasteiger partial charge in [-0.05, 0) is 0 Å². The van der Waals surface area contributed by atoms with Crippen LogP contribution in [0.3, 0.4) is 0 Å². The molecule has 0 saturated carbocycles. The predicted molar refractivity (Wildman–Crippen MR) is 65.3 cm³/mol. The van der Waals surface area contributed by atoms with Crippen LogP contribution in [0.25, 0.3) is 0 Å². The molecule has 0 aliphatic carbocycles. The smallest absolute Gasteiger partial charge is 0.326 e. The van der Waals surface area contributed by atoms with E-state index in [4.69, 9.17) is 16.1 Å². The molecule has 17 heavy (non-hydrogen) atoms. The van der Waals surface area contributed by atoms with Crippen LogP contribution in [0.2, 0.25) is 0 Å². The fraction of sp³-hybridized carbons (Fsp3) is 0.636. The quantitative estimate of drug-likeness (QED) is 0.573. The van der Waals surface area contributed by atoms with Crippen LogP contribution >= 0.6 is 11.6 Å². The minimum atomic E-state index is -0.398. The van der Waals surface area contributed by atoms with Crippen molar-refractivity contribution in [3.05, 3.63) is 11.8 Å². The van der Waals surface area contributed by atoms with Crippen molar-refractivity contribution in [1.82, 2.24) is 10.1 Å². The Bertz CT molecular complexity index is 438. The molecule has 0 N–H and O–H groups in total. The van der Waals surface area contributed by atoms with Crippen LogP contribution in [0, 0.1) is 0 Å². The van der Waals surface area contributed by atoms with E-state index in [0.29, 0.717) is 12.4 Å². The molecule has 6 heteroatoms. The number of hydrogen-bond acceptors (Lipinski definition) is 3. The van der Waals surface area contributed by atoms with Gasteiger partial charge in [0.2, 0.25) is 0 Å². The third-order valence-corrected chi connectivity index (χ3v) is 3.05. The van der Waals surface area contributed by atoms with Gasteiger partial charge in [0.25, 0.3) is 0 Å². The van der Waals surface area contributed by atoms with Gasteiger partial charge >= 0.3 is 6.03 Å². The summed E-state index contributed by atoms with van der Waals surface area (Å²) >= 11 is 6.11. The van der Waals surface area contributed by atoms with Crippen molar-refractivity contribution >= 4 is 23.4 Å². The maximum atomic E-state index is 11.9. The van der Waals surface area contributed by atoms with E-state index in [1.54, 1.807) is 18.0 Å². The topological polar surface area (TPSA) is 49.6 Å². The Morgan fingerprint density at radius 1 is 1.53 bits per heavy atom. The number of amides is 2. The summed E-state index contributed by atoms with van der Waals surface area (Å²) in [4.78, 5) is 14.9. The number of carbonyl (C=O) groups is 1. The lowest BCUT2D eigenvalue weighted by Crippen LogP contribution is -2.32. The van der Waals surface area contributed by atoms with Crippen LogP contribution < -0.4 is 4.90 Å². The van der Waals surface area contributed by atoms with Gasteiger partial charge in [-0.1, -0.05) is 37.5 Å². The number of nitrogens with zero attached hydrogens (tertiary/aromatic N) is 3. The molecule has 0 radical (unpaired) electrons. The first kappa shape index (κ1) is 12.2. The van der Waals surface area contributed by atoms with E-state index >= 15 is 0 Å². The molecule has 2 heterocycles. The lowest BCUT2D eigenvalue weighted by atomic mass is 9.93. The Balaban J connectivity index is 2.29. The monoisotopic (exact) mass is 257 g/mol. The lowest BCUT2D eigenvalue weighted by Gasteiger charge is -2.15. The first-order chi connectivity index (χ1) is 7.80. The Morgan fingerprint density at radius 2 is 2.18 bits per heavy atom. The number of anilines is 1. The van der Waals surface area contributed by atoms with Crippen LogP contribution in [0.5, 0.6) is 0 Å². The number of urea groups is 1. The summed E-state index contributed by atoms with van der Waals surface area (Å²) in [5, 5.41) is 3.92. The van der Waals surface area contributed by atoms with Crippen molar-refractivity contribution in [1.29, 1.82) is 0 Å². The Labute approximate surface area is 105 Å². The van der Waals surface area contributed by atoms with Gasteiger partial charge in [0, 0.05) is 18.5 Å². The van der Waals surface area contributed by atoms with Gasteiger partial charge in [0.05, 0.1) is 6.54 Å². The van der Waals surface area contributed by atoms with Crippen molar-refractivity contribution in [2.24, 2.45) is 0 Å². The summed E-state index contributed by atoms with van der Waals surface area (Å²) in [5.41, 5.74) is -0.535. The standard InChI is InChI=1S/C11H16ClN3O2/c1-11(2,3)7-5-9(13-17-7)15-8(12)6-14(4)10(15)16/h5,8H,6H2,1-4H3. The Kier molecular flexibility index (Phi) is 2.81. The fourth-order valence-electron chi connectivity index (χ4n) is 1.66. The average Bonchev–Trinajstić information content (AvgIpc) is 2.73. The molecule has 94 valence electrons. The molecule has 1 aromatic heterocycles. The normalized spacial score (nSPS) is 21.5. The van der Waals surface area contributed by atoms with Crippen LogP contribution in [0.1, 0.15) is 26.5 Å². The highest BCUT2D eigenvalue weighted by Crippen LogP contribution is 2.30. The van der Waals surface area contributed by atoms with Gasteiger partial charge in [-0.25, -0.2) is 4.79 Å². The van der Waals surface area contributed by atoms with Crippen LogP contribution in [-0.4, -0.2) is 35.2 Å². The van der Waals surface area contributed by atoms with E-state index in [0.717, 1.165) is 5.76 Å². The zero-order chi connectivity index (χ0) is 12.8. The molecule has 0 bridgehead atoms. The van der Waals surface area contributed by atoms with Crippen molar-refractivity contribution in [2.45, 2.75) is 31.7 Å². The highest BCUT2D eigenvalue weighted by molar-refractivity contribution is 6.25. The second-order valence-electron chi connectivity index (χ2n) is 5.27. The summed E-state index contributed by atoms with van der Waals surface area (Å²) in [7, 11) is 1.71. The molecule has 2 amide bonds. The molecule has 0 aromatic carbocycles. The van der Waals surface area contributed by atoms with Crippen molar-refractivity contribution in [3.8, 4) is 0 Å². The second kappa shape index (κ2) is 3.91. The molecular formula is C11H16ClN3O2. The predicted octanol–water partition coefficient (Wildman–Crippen LogP) is 2.41. The minimum Gasteiger partial charge on any atom is -0.359 e. The van der Waals surface area contributed by atoms with Crippen LogP contribution in [0.4, 0.5) is 10.6 Å². The molecule has 1 aromatic rings. The third kappa shape index (κ3) is 2.11. The van der Waals surface area contributed by atoms with E-state index in [1.165, 1.54) is 4.90 Å². The van der Waals surface area contributed by atoms with Crippen molar-refractivity contribution < 1.29 is 9.32 Å². The molecule has 1 fully saturated rings. The Morgan fingerprint density at radius 3 is 2.59 bits per heavy atom. The van der Waals surface area contributed by atoms with Gasteiger partial charge in [-0.2, -0.15) is 0 Å². The first-order valence-corrected chi connectivity index (χ1v) is 5.90. The van der Waals surface area contributed by atoms with Gasteiger partial charge in [0.1, 0.15) is 11.3 Å². The summed E-state index contributed by atoms with van der Waals surface area (Å²) in [6.07, 6.45) is 0. The molecule has 0 spiro atoms. The molecular weight excluding hydrogens is 242 g/mol. The minimum absolute atomic E-state index is 0.137. The van der Waals surface area contributed by atoms with Crippen LogP contribution in [0.15, 0.2) is 10.6 Å². The van der Waals surface area contributed by atoms with E-state index in [2.05, 4.69) is 5.16 Å². The van der Waals surface area contributed by atoms with Gasteiger partial charge in [0.15, 0.2) is 5.82 Å². The summed E-state index contributed by atoms with van der Waals surface area (Å²) < 4.78 is 5.25. The zero-order valence-electron chi connectivity index (χ0n) is 10.4. The molecule has 1 atom stereocenters. The van der Waals surface area contributed by atoms with Gasteiger partial charge in [-0.15, -0.1) is 0 Å². The highest BCUT2D eigenvalue weighted by Gasteiger charge is 2.37. The number of hydrogen-bond donors (Lipinski definition) is 0. The maximum absolute atomic E-state index is 11.9. The lowest BCUT2D eigenvalue weighted by molar-refractivity contribution is 0.229. The number of carbonyl (C=O) groups excluding carboxylic acids is 1. The number of likely N-dealkylation sites (N-methyl/N-ethyl adjacent to an activating group) is 1. The van der Waals surface area contributed by atoms with E-state index in [1.807, 2.05) is 20.8 Å². The molecule has 5 nitrogen and oxygen atoms in total. The molecule has 1 unspecified atom stereocenters. The van der Waals surface area contributed by atoms with E-state index < -0.39 is 5.50 Å². The average molecular weight is 258 g/mol. The van der Waals surface area contributed by atoms with Crippen LogP contribution in [-0.2, 0) is 5.41 Å². The highest BCUT2D eigenvalue weighted by atomic mass is 35.5. The number of rotatable bonds is 1. The summed E-state index contributed by atoms with van der Waals surface area (Å²) in [5.74, 6) is 1.21. The summed E-state index contributed by atoms with van der Waals surface area (Å²) in [6.45, 7) is 6.55. The second-order valence-corrected chi connectivity index (χ2v) is 5.77. The SMILES string of the molecule is CN1CC(Cl)N(c2cc(C(C)(C)C)on2)C1=O. The fourth-order valence-corrected chi connectivity index (χ4v) is 2.05. The Hall–Kier alpha value is -1.23. The summed E-state index contributed by atoms with van der Waals surface area (Å²) in [6, 6.07) is 1.62. The molecule has 1 aliphatic rings. The van der Waals surface area contributed by atoms with E-state index in [-0.39, 0.29) is 11.4 Å². The van der Waals surface area contributed by atoms with E-state index in [9.17, 15) is 4.79 Å². The van der Waals surface area contributed by atoms with Crippen molar-refractivity contribution in [3.63, 3.8) is 0 Å². The van der Waals surface area contributed by atoms with Gasteiger partial charge in [-0.3, -0.25) is 4.90 Å².